The Morgan fingerprint density at radius 2 is 2.13 bits per heavy atom. The summed E-state index contributed by atoms with van der Waals surface area (Å²) >= 11 is 0. The molecule has 0 aliphatic carbocycles. The van der Waals surface area contributed by atoms with Gasteiger partial charge in [-0.1, -0.05) is 18.2 Å². The number of para-hydroxylation sites is 1. The van der Waals surface area contributed by atoms with Crippen LogP contribution in [0.2, 0.25) is 0 Å². The van der Waals surface area contributed by atoms with Crippen LogP contribution in [0.4, 0.5) is 4.79 Å². The van der Waals surface area contributed by atoms with E-state index >= 15 is 0 Å². The summed E-state index contributed by atoms with van der Waals surface area (Å²) in [7, 11) is 0. The minimum absolute atomic E-state index is 0.0450. The van der Waals surface area contributed by atoms with E-state index in [2.05, 4.69) is 5.32 Å². The second-order valence-corrected chi connectivity index (χ2v) is 5.95. The van der Waals surface area contributed by atoms with Gasteiger partial charge in [0.1, 0.15) is 5.58 Å². The van der Waals surface area contributed by atoms with Gasteiger partial charge in [-0.3, -0.25) is 4.79 Å². The van der Waals surface area contributed by atoms with Gasteiger partial charge < -0.3 is 20.4 Å². The number of carbonyl (C=O) groups excluding carboxylic acids is 2. The van der Waals surface area contributed by atoms with Gasteiger partial charge in [-0.05, 0) is 32.3 Å². The average Bonchev–Trinajstić information content (AvgIpc) is 2.90. The van der Waals surface area contributed by atoms with Gasteiger partial charge in [-0.15, -0.1) is 0 Å². The Hall–Kier alpha value is -2.50. The van der Waals surface area contributed by atoms with Crippen molar-refractivity contribution in [1.82, 2.24) is 10.2 Å². The van der Waals surface area contributed by atoms with Gasteiger partial charge >= 0.3 is 6.03 Å². The molecule has 0 bridgehead atoms. The number of furan rings is 1. The van der Waals surface area contributed by atoms with Gasteiger partial charge in [-0.2, -0.15) is 0 Å². The summed E-state index contributed by atoms with van der Waals surface area (Å²) in [5, 5.41) is 3.57. The third-order valence-corrected chi connectivity index (χ3v) is 4.44. The van der Waals surface area contributed by atoms with Gasteiger partial charge in [0.25, 0.3) is 5.91 Å². The van der Waals surface area contributed by atoms with Gasteiger partial charge in [0.2, 0.25) is 0 Å². The van der Waals surface area contributed by atoms with Crippen molar-refractivity contribution in [1.29, 1.82) is 0 Å². The average molecular weight is 315 g/mol. The molecule has 3 rings (SSSR count). The number of fused-ring (bicyclic) bond motifs is 1. The number of urea groups is 1. The summed E-state index contributed by atoms with van der Waals surface area (Å²) in [4.78, 5) is 25.7. The molecule has 1 aliphatic heterocycles. The van der Waals surface area contributed by atoms with Crippen LogP contribution in [-0.4, -0.2) is 36.0 Å². The lowest BCUT2D eigenvalue weighted by atomic mass is 10.0. The predicted octanol–water partition coefficient (Wildman–Crippen LogP) is 2.40. The molecule has 0 radical (unpaired) electrons. The monoisotopic (exact) mass is 315 g/mol. The Morgan fingerprint density at radius 3 is 2.87 bits per heavy atom. The number of hydrogen-bond acceptors (Lipinski definition) is 3. The van der Waals surface area contributed by atoms with Crippen molar-refractivity contribution >= 4 is 22.9 Å². The van der Waals surface area contributed by atoms with Crippen LogP contribution >= 0.6 is 0 Å². The number of nitrogens with one attached hydrogen (secondary N) is 1. The molecule has 1 aromatic carbocycles. The van der Waals surface area contributed by atoms with Crippen LogP contribution in [0.1, 0.15) is 35.4 Å². The standard InChI is InChI=1S/C17H21N3O3/c1-11-13-7-2-3-8-14(13)23-15(11)16(21)20-9-5-4-6-12(20)10-19-17(18)22/h2-3,7-8,12H,4-6,9-10H2,1H3,(H3,18,19,22). The van der Waals surface area contributed by atoms with Gasteiger partial charge in [0.05, 0.1) is 0 Å². The maximum Gasteiger partial charge on any atom is 0.312 e. The molecule has 1 aliphatic rings. The van der Waals surface area contributed by atoms with Crippen molar-refractivity contribution in [3.63, 3.8) is 0 Å². The highest BCUT2D eigenvalue weighted by Gasteiger charge is 2.30. The molecule has 1 saturated heterocycles. The molecule has 1 fully saturated rings. The second kappa shape index (κ2) is 6.32. The topological polar surface area (TPSA) is 88.6 Å². The van der Waals surface area contributed by atoms with Crippen LogP contribution < -0.4 is 11.1 Å². The third-order valence-electron chi connectivity index (χ3n) is 4.44. The first-order valence-electron chi connectivity index (χ1n) is 7.90. The maximum atomic E-state index is 12.9. The molecule has 122 valence electrons. The first-order valence-corrected chi connectivity index (χ1v) is 7.90. The zero-order chi connectivity index (χ0) is 16.4. The van der Waals surface area contributed by atoms with Crippen LogP contribution in [0.5, 0.6) is 0 Å². The van der Waals surface area contributed by atoms with Crippen molar-refractivity contribution in [3.8, 4) is 0 Å². The maximum absolute atomic E-state index is 12.9. The van der Waals surface area contributed by atoms with Gasteiger partial charge in [0.15, 0.2) is 5.76 Å². The number of carbonyl (C=O) groups is 2. The van der Waals surface area contributed by atoms with E-state index in [9.17, 15) is 9.59 Å². The van der Waals surface area contributed by atoms with Gasteiger partial charge in [-0.25, -0.2) is 4.79 Å². The molecule has 1 unspecified atom stereocenters. The second-order valence-electron chi connectivity index (χ2n) is 5.95. The van der Waals surface area contributed by atoms with E-state index in [1.54, 1.807) is 4.90 Å². The van der Waals surface area contributed by atoms with Crippen LogP contribution in [0.15, 0.2) is 28.7 Å². The van der Waals surface area contributed by atoms with Crippen molar-refractivity contribution in [2.45, 2.75) is 32.2 Å². The fourth-order valence-electron chi connectivity index (χ4n) is 3.21. The molecule has 23 heavy (non-hydrogen) atoms. The fourth-order valence-corrected chi connectivity index (χ4v) is 3.21. The molecule has 0 saturated carbocycles. The summed E-state index contributed by atoms with van der Waals surface area (Å²) in [6.45, 7) is 2.94. The predicted molar refractivity (Wildman–Crippen MR) is 87.2 cm³/mol. The Kier molecular flexibility index (Phi) is 4.23. The number of aryl methyl sites for hydroxylation is 1. The fraction of sp³-hybridized carbons (Fsp3) is 0.412. The summed E-state index contributed by atoms with van der Waals surface area (Å²) in [6.07, 6.45) is 2.84. The van der Waals surface area contributed by atoms with E-state index in [-0.39, 0.29) is 11.9 Å². The SMILES string of the molecule is Cc1c(C(=O)N2CCCCC2CNC(N)=O)oc2ccccc12. The molecule has 6 nitrogen and oxygen atoms in total. The number of benzene rings is 1. The summed E-state index contributed by atoms with van der Waals surface area (Å²) in [5.41, 5.74) is 6.72. The first-order chi connectivity index (χ1) is 11.1. The zero-order valence-electron chi connectivity index (χ0n) is 13.2. The Balaban J connectivity index is 1.86. The quantitative estimate of drug-likeness (QED) is 0.911. The molecule has 6 heteroatoms. The number of nitrogens with zero attached hydrogens (tertiary/aromatic N) is 1. The highest BCUT2D eigenvalue weighted by molar-refractivity contribution is 5.99. The summed E-state index contributed by atoms with van der Waals surface area (Å²) < 4.78 is 5.78. The lowest BCUT2D eigenvalue weighted by molar-refractivity contribution is 0.0584. The Morgan fingerprint density at radius 1 is 1.35 bits per heavy atom. The van der Waals surface area contributed by atoms with E-state index in [0.29, 0.717) is 18.8 Å². The molecule has 3 amide bonds. The first kappa shape index (κ1) is 15.4. The molecule has 2 heterocycles. The van der Waals surface area contributed by atoms with Crippen LogP contribution in [-0.2, 0) is 0 Å². The van der Waals surface area contributed by atoms with Crippen LogP contribution in [0, 0.1) is 6.92 Å². The molecular weight excluding hydrogens is 294 g/mol. The Labute approximate surface area is 134 Å². The van der Waals surface area contributed by atoms with E-state index < -0.39 is 6.03 Å². The van der Waals surface area contributed by atoms with E-state index in [1.807, 2.05) is 31.2 Å². The zero-order valence-corrected chi connectivity index (χ0v) is 13.2. The summed E-state index contributed by atoms with van der Waals surface area (Å²) in [5.74, 6) is 0.270. The van der Waals surface area contributed by atoms with E-state index in [0.717, 1.165) is 35.8 Å². The number of amides is 3. The molecule has 3 N–H and O–H groups in total. The number of nitrogens with two attached hydrogens (primary N) is 1. The Bertz CT molecular complexity index is 738. The lowest BCUT2D eigenvalue weighted by Gasteiger charge is -2.35. The van der Waals surface area contributed by atoms with Crippen molar-refractivity contribution < 1.29 is 14.0 Å². The number of likely N-dealkylation sites (tertiary alicyclic amines) is 1. The largest absolute Gasteiger partial charge is 0.451 e. The molecule has 1 atom stereocenters. The third kappa shape index (κ3) is 3.02. The van der Waals surface area contributed by atoms with Crippen LogP contribution in [0.3, 0.4) is 0 Å². The normalized spacial score (nSPS) is 18.1. The molecular formula is C17H21N3O3. The van der Waals surface area contributed by atoms with Gasteiger partial charge in [0, 0.05) is 30.1 Å². The van der Waals surface area contributed by atoms with Crippen molar-refractivity contribution in [2.75, 3.05) is 13.1 Å². The number of primary amides is 1. The van der Waals surface area contributed by atoms with E-state index in [4.69, 9.17) is 10.2 Å². The number of hydrogen-bond donors (Lipinski definition) is 2. The van der Waals surface area contributed by atoms with E-state index in [1.165, 1.54) is 0 Å². The van der Waals surface area contributed by atoms with Crippen LogP contribution in [0.25, 0.3) is 11.0 Å². The minimum Gasteiger partial charge on any atom is -0.451 e. The van der Waals surface area contributed by atoms with Crippen molar-refractivity contribution in [2.24, 2.45) is 5.73 Å². The highest BCUT2D eigenvalue weighted by Crippen LogP contribution is 2.28. The lowest BCUT2D eigenvalue weighted by Crippen LogP contribution is -2.50. The van der Waals surface area contributed by atoms with Crippen molar-refractivity contribution in [3.05, 3.63) is 35.6 Å². The molecule has 2 aromatic rings. The molecule has 0 spiro atoms. The molecule has 1 aromatic heterocycles. The highest BCUT2D eigenvalue weighted by atomic mass is 16.3. The minimum atomic E-state index is -0.567. The number of piperidine rings is 1. The summed E-state index contributed by atoms with van der Waals surface area (Å²) in [6, 6.07) is 7.02. The smallest absolute Gasteiger partial charge is 0.312 e. The number of rotatable bonds is 3.